The molecule has 1 saturated carbocycles. The van der Waals surface area contributed by atoms with Gasteiger partial charge in [0.1, 0.15) is 49.1 Å². The van der Waals surface area contributed by atoms with Crippen molar-refractivity contribution in [3.8, 4) is 0 Å². The fourth-order valence-corrected chi connectivity index (χ4v) is 5.44. The Morgan fingerprint density at radius 3 is 2.36 bits per heavy atom. The summed E-state index contributed by atoms with van der Waals surface area (Å²) in [5.41, 5.74) is 11.2. The molecule has 0 aromatic rings. The molecule has 0 bridgehead atoms. The molecule has 0 aromatic carbocycles. The fourth-order valence-electron chi connectivity index (χ4n) is 5.44. The maximum absolute atomic E-state index is 12.8. The lowest BCUT2D eigenvalue weighted by Crippen LogP contribution is -2.68. The van der Waals surface area contributed by atoms with E-state index in [1.54, 1.807) is 6.92 Å². The van der Waals surface area contributed by atoms with Crippen molar-refractivity contribution in [2.75, 3.05) is 26.4 Å². The number of carbonyl (C=O) groups excluding carboxylic acids is 1. The topological polar surface area (TPSA) is 316 Å². The quantitative estimate of drug-likeness (QED) is 0.0698. The van der Waals surface area contributed by atoms with Gasteiger partial charge < -0.3 is 81.9 Å². The summed E-state index contributed by atoms with van der Waals surface area (Å²) in [4.78, 5) is 12.8. The smallest absolute Gasteiger partial charge is 0.251 e. The largest absolute Gasteiger partial charge is 0.394 e. The molecule has 3 fully saturated rings. The lowest BCUT2D eigenvalue weighted by atomic mass is 9.82. The van der Waals surface area contributed by atoms with E-state index in [2.05, 4.69) is 10.6 Å². The summed E-state index contributed by atoms with van der Waals surface area (Å²) in [5.74, 6) is -1.97. The second-order valence-corrected chi connectivity index (χ2v) is 12.1. The number of nitrogens with two attached hydrogens (primary N) is 2. The third-order valence-electron chi connectivity index (χ3n) is 8.61. The minimum atomic E-state index is -2.17. The molecule has 2 aliphatic heterocycles. The predicted molar refractivity (Wildman–Crippen MR) is 150 cm³/mol. The number of carbonyl (C=O) groups is 1. The van der Waals surface area contributed by atoms with Crippen LogP contribution in [0.3, 0.4) is 0 Å². The summed E-state index contributed by atoms with van der Waals surface area (Å²) in [7, 11) is 0. The Balaban J connectivity index is 1.79. The zero-order valence-corrected chi connectivity index (χ0v) is 24.8. The van der Waals surface area contributed by atoms with Gasteiger partial charge >= 0.3 is 0 Å². The van der Waals surface area contributed by atoms with Crippen LogP contribution in [-0.2, 0) is 23.7 Å². The molecular formula is C26H49N5O13. The van der Waals surface area contributed by atoms with E-state index in [1.165, 1.54) is 6.92 Å². The third kappa shape index (κ3) is 8.80. The molecule has 18 nitrogen and oxygen atoms in total. The molecule has 0 aromatic heterocycles. The van der Waals surface area contributed by atoms with Crippen LogP contribution >= 0.6 is 0 Å². The van der Waals surface area contributed by atoms with Gasteiger partial charge in [-0.2, -0.15) is 0 Å². The van der Waals surface area contributed by atoms with Gasteiger partial charge in [-0.15, -0.1) is 0 Å². The molecule has 6 unspecified atom stereocenters. The predicted octanol–water partition coefficient (Wildman–Crippen LogP) is -6.10. The van der Waals surface area contributed by atoms with Crippen LogP contribution < -0.4 is 22.1 Å². The van der Waals surface area contributed by atoms with Crippen molar-refractivity contribution in [3.05, 3.63) is 0 Å². The Morgan fingerprint density at radius 2 is 1.73 bits per heavy atom. The normalized spacial score (nSPS) is 41.8. The Hall–Kier alpha value is -1.62. The van der Waals surface area contributed by atoms with Gasteiger partial charge in [-0.1, -0.05) is 6.92 Å². The van der Waals surface area contributed by atoms with E-state index in [-0.39, 0.29) is 25.4 Å². The van der Waals surface area contributed by atoms with Gasteiger partial charge in [0.15, 0.2) is 18.7 Å². The molecule has 0 spiro atoms. The SMILES string of the molecule is C[C@@H]1C(O)[C@@H](OC2C(O)C(O[C@H]3O[C@H](CNC(=N)CO)CCC3N)[C@@H](N)C[C@H]2NC(=O)[C@@H](O)[C@@H](O)[C@@H](O)CO)OCC1(C)O. The highest BCUT2D eigenvalue weighted by Gasteiger charge is 2.51. The van der Waals surface area contributed by atoms with Crippen molar-refractivity contribution in [3.63, 3.8) is 0 Å². The van der Waals surface area contributed by atoms with Crippen LogP contribution in [-0.4, -0.2) is 164 Å². The first-order valence-electron chi connectivity index (χ1n) is 14.7. The zero-order valence-electron chi connectivity index (χ0n) is 24.8. The van der Waals surface area contributed by atoms with Crippen molar-refractivity contribution in [2.24, 2.45) is 17.4 Å². The van der Waals surface area contributed by atoms with E-state index in [4.69, 9.17) is 46.0 Å². The molecular weight excluding hydrogens is 590 g/mol. The minimum Gasteiger partial charge on any atom is -0.394 e. The first kappa shape index (κ1) is 36.8. The van der Waals surface area contributed by atoms with Crippen molar-refractivity contribution < 1.29 is 64.6 Å². The number of aliphatic hydroxyl groups is 8. The van der Waals surface area contributed by atoms with Gasteiger partial charge in [0, 0.05) is 18.5 Å². The lowest BCUT2D eigenvalue weighted by molar-refractivity contribution is -0.314. The minimum absolute atomic E-state index is 0.0924. The third-order valence-corrected chi connectivity index (χ3v) is 8.61. The van der Waals surface area contributed by atoms with Crippen LogP contribution in [0.25, 0.3) is 0 Å². The number of rotatable bonds is 12. The van der Waals surface area contributed by atoms with E-state index in [0.29, 0.717) is 12.8 Å². The summed E-state index contributed by atoms with van der Waals surface area (Å²) in [5, 5.41) is 93.6. The number of hydrogen-bond acceptors (Lipinski definition) is 16. The summed E-state index contributed by atoms with van der Waals surface area (Å²) in [6, 6.07) is -2.72. The molecule has 2 saturated heterocycles. The molecule has 256 valence electrons. The Morgan fingerprint density at radius 1 is 1.07 bits per heavy atom. The number of aliphatic hydroxyl groups excluding tert-OH is 7. The Bertz CT molecular complexity index is 950. The van der Waals surface area contributed by atoms with Gasteiger partial charge in [-0.3, -0.25) is 10.2 Å². The molecule has 44 heavy (non-hydrogen) atoms. The second kappa shape index (κ2) is 15.8. The van der Waals surface area contributed by atoms with Crippen LogP contribution in [0.4, 0.5) is 0 Å². The summed E-state index contributed by atoms with van der Waals surface area (Å²) in [6.07, 6.45) is -13.5. The van der Waals surface area contributed by atoms with Gasteiger partial charge in [-0.05, 0) is 26.2 Å². The highest BCUT2D eigenvalue weighted by atomic mass is 16.7. The number of nitrogens with one attached hydrogen (secondary N) is 3. The van der Waals surface area contributed by atoms with Crippen LogP contribution in [0.5, 0.6) is 0 Å². The number of hydrogen-bond donors (Lipinski definition) is 13. The summed E-state index contributed by atoms with van der Waals surface area (Å²) < 4.78 is 23.6. The van der Waals surface area contributed by atoms with Crippen molar-refractivity contribution in [2.45, 2.75) is 118 Å². The van der Waals surface area contributed by atoms with E-state index < -0.39 is 110 Å². The highest BCUT2D eigenvalue weighted by Crippen LogP contribution is 2.34. The molecule has 15 N–H and O–H groups in total. The highest BCUT2D eigenvalue weighted by molar-refractivity contribution is 5.81. The molecule has 1 aliphatic carbocycles. The Kier molecular flexibility index (Phi) is 13.2. The van der Waals surface area contributed by atoms with Crippen molar-refractivity contribution in [1.29, 1.82) is 5.41 Å². The first-order chi connectivity index (χ1) is 20.6. The second-order valence-electron chi connectivity index (χ2n) is 12.1. The first-order valence-corrected chi connectivity index (χ1v) is 14.7. The van der Waals surface area contributed by atoms with Gasteiger partial charge in [0.25, 0.3) is 5.91 Å². The summed E-state index contributed by atoms with van der Waals surface area (Å²) in [6.45, 7) is 1.66. The van der Waals surface area contributed by atoms with Crippen LogP contribution in [0.1, 0.15) is 33.1 Å². The van der Waals surface area contributed by atoms with Gasteiger partial charge in [0.2, 0.25) is 0 Å². The maximum Gasteiger partial charge on any atom is 0.251 e. The van der Waals surface area contributed by atoms with E-state index in [0.717, 1.165) is 0 Å². The molecule has 1 amide bonds. The van der Waals surface area contributed by atoms with Crippen LogP contribution in [0, 0.1) is 11.3 Å². The van der Waals surface area contributed by atoms with Gasteiger partial charge in [-0.25, -0.2) is 0 Å². The van der Waals surface area contributed by atoms with E-state index in [1.807, 2.05) is 0 Å². The number of amides is 1. The Labute approximate surface area is 254 Å². The molecule has 3 rings (SSSR count). The number of amidine groups is 1. The fraction of sp³-hybridized carbons (Fsp3) is 0.923. The van der Waals surface area contributed by atoms with Gasteiger partial charge in [0.05, 0.1) is 37.0 Å². The number of ether oxygens (including phenoxy) is 4. The average Bonchev–Trinajstić information content (AvgIpc) is 2.99. The monoisotopic (exact) mass is 639 g/mol. The van der Waals surface area contributed by atoms with Crippen LogP contribution in [0.2, 0.25) is 0 Å². The van der Waals surface area contributed by atoms with E-state index in [9.17, 15) is 35.4 Å². The van der Waals surface area contributed by atoms with Crippen molar-refractivity contribution in [1.82, 2.24) is 10.6 Å². The standard InChI is InChI=1S/C26H49N5O13/c1-10-17(35)25(41-9-26(10,2)40)44-22-14(31-23(39)19(37)18(36)15(34)7-32)5-13(28)21(20(22)38)43-24-12(27)4-3-11(42-24)6-30-16(29)8-33/h10-15,17-22,24-25,32-38,40H,3-9,27-28H2,1-2H3,(H2,29,30)(H,31,39)/t10-,11+,12?,13+,14-,15+,17?,18+,19+,20?,21?,22?,24-,25-,26?/m1/s1. The zero-order chi connectivity index (χ0) is 32.9. The molecule has 18 heteroatoms. The summed E-state index contributed by atoms with van der Waals surface area (Å²) >= 11 is 0. The molecule has 3 aliphatic rings. The maximum atomic E-state index is 12.8. The molecule has 0 radical (unpaired) electrons. The van der Waals surface area contributed by atoms with Crippen molar-refractivity contribution >= 4 is 11.7 Å². The molecule has 2 heterocycles. The molecule has 15 atom stereocenters. The lowest BCUT2D eigenvalue weighted by Gasteiger charge is -2.48. The van der Waals surface area contributed by atoms with Crippen LogP contribution in [0.15, 0.2) is 0 Å². The van der Waals surface area contributed by atoms with E-state index >= 15 is 0 Å². The average molecular weight is 640 g/mol.